The molecule has 3 aromatic rings. The second kappa shape index (κ2) is 6.43. The summed E-state index contributed by atoms with van der Waals surface area (Å²) in [5, 5.41) is 9.49. The van der Waals surface area contributed by atoms with Crippen molar-refractivity contribution >= 4 is 5.82 Å². The Morgan fingerprint density at radius 2 is 1.79 bits per heavy atom. The molecule has 0 unspecified atom stereocenters. The van der Waals surface area contributed by atoms with E-state index in [1.807, 2.05) is 61.5 Å². The van der Waals surface area contributed by atoms with E-state index in [-0.39, 0.29) is 5.82 Å². The van der Waals surface area contributed by atoms with Gasteiger partial charge in [0.1, 0.15) is 23.2 Å². The van der Waals surface area contributed by atoms with E-state index in [1.54, 1.807) is 7.11 Å². The second-order valence-electron chi connectivity index (χ2n) is 5.53. The Bertz CT molecular complexity index is 942. The highest BCUT2D eigenvalue weighted by Crippen LogP contribution is 2.32. The molecule has 2 N–H and O–H groups in total. The van der Waals surface area contributed by atoms with Crippen LogP contribution in [-0.4, -0.2) is 12.1 Å². The maximum atomic E-state index is 9.49. The van der Waals surface area contributed by atoms with Gasteiger partial charge in [-0.05, 0) is 36.8 Å². The Hall–Kier alpha value is -3.32. The second-order valence-corrected chi connectivity index (χ2v) is 5.53. The maximum absolute atomic E-state index is 9.49. The van der Waals surface area contributed by atoms with Crippen molar-refractivity contribution in [2.75, 3.05) is 12.8 Å². The van der Waals surface area contributed by atoms with Crippen molar-refractivity contribution in [3.05, 3.63) is 65.7 Å². The van der Waals surface area contributed by atoms with Gasteiger partial charge in [0.15, 0.2) is 0 Å². The van der Waals surface area contributed by atoms with Crippen LogP contribution in [0.3, 0.4) is 0 Å². The molecule has 0 bridgehead atoms. The largest absolute Gasteiger partial charge is 0.497 e. The van der Waals surface area contributed by atoms with E-state index in [4.69, 9.17) is 10.5 Å². The number of hydrogen-bond donors (Lipinski definition) is 1. The lowest BCUT2D eigenvalue weighted by molar-refractivity contribution is 0.415. The fourth-order valence-electron chi connectivity index (χ4n) is 2.65. The third kappa shape index (κ3) is 2.92. The van der Waals surface area contributed by atoms with Gasteiger partial charge in [-0.25, -0.2) is 4.98 Å². The van der Waals surface area contributed by atoms with Crippen LogP contribution in [0.4, 0.5) is 5.82 Å². The minimum Gasteiger partial charge on any atom is -0.497 e. The molecule has 0 fully saturated rings. The monoisotopic (exact) mass is 315 g/mol. The van der Waals surface area contributed by atoms with E-state index in [0.717, 1.165) is 33.7 Å². The minimum absolute atomic E-state index is 0.231. The Labute approximate surface area is 141 Å². The van der Waals surface area contributed by atoms with Crippen LogP contribution in [0.15, 0.2) is 54.6 Å². The first-order valence-electron chi connectivity index (χ1n) is 7.54. The van der Waals surface area contributed by atoms with Gasteiger partial charge in [0.05, 0.1) is 12.8 Å². The number of nitrogens with two attached hydrogens (primary N) is 1. The molecule has 0 radical (unpaired) electrons. The first-order chi connectivity index (χ1) is 11.6. The molecule has 24 heavy (non-hydrogen) atoms. The average molecular weight is 315 g/mol. The van der Waals surface area contributed by atoms with Crippen LogP contribution in [-0.2, 0) is 0 Å². The van der Waals surface area contributed by atoms with Crippen molar-refractivity contribution in [3.63, 3.8) is 0 Å². The topological polar surface area (TPSA) is 71.9 Å². The molecule has 0 saturated heterocycles. The van der Waals surface area contributed by atoms with Gasteiger partial charge in [-0.2, -0.15) is 5.26 Å². The van der Waals surface area contributed by atoms with Crippen molar-refractivity contribution in [1.29, 1.82) is 5.26 Å². The van der Waals surface area contributed by atoms with Crippen LogP contribution in [0.1, 0.15) is 11.1 Å². The first kappa shape index (κ1) is 15.6. The van der Waals surface area contributed by atoms with Crippen molar-refractivity contribution in [2.24, 2.45) is 0 Å². The van der Waals surface area contributed by atoms with E-state index in [9.17, 15) is 5.26 Å². The van der Waals surface area contributed by atoms with Crippen LogP contribution < -0.4 is 10.5 Å². The Balaban J connectivity index is 2.22. The summed E-state index contributed by atoms with van der Waals surface area (Å²) in [7, 11) is 1.61. The van der Waals surface area contributed by atoms with Gasteiger partial charge in [0.25, 0.3) is 0 Å². The van der Waals surface area contributed by atoms with Crippen LogP contribution >= 0.6 is 0 Å². The minimum atomic E-state index is 0.231. The SMILES string of the molecule is COc1cccc(-c2cc(-c3cccc(C)c3)nc(N)c2C#N)c1. The van der Waals surface area contributed by atoms with Crippen molar-refractivity contribution < 1.29 is 4.74 Å². The lowest BCUT2D eigenvalue weighted by atomic mass is 9.98. The predicted octanol–water partition coefficient (Wildman–Crippen LogP) is 4.19. The summed E-state index contributed by atoms with van der Waals surface area (Å²) in [6, 6.07) is 19.7. The number of nitriles is 1. The van der Waals surface area contributed by atoms with E-state index >= 15 is 0 Å². The summed E-state index contributed by atoms with van der Waals surface area (Å²) < 4.78 is 5.28. The molecule has 3 rings (SSSR count). The smallest absolute Gasteiger partial charge is 0.142 e. The molecule has 2 aromatic carbocycles. The number of ether oxygens (including phenoxy) is 1. The highest BCUT2D eigenvalue weighted by atomic mass is 16.5. The maximum Gasteiger partial charge on any atom is 0.142 e. The zero-order chi connectivity index (χ0) is 17.1. The Morgan fingerprint density at radius 1 is 1.04 bits per heavy atom. The number of hydrogen-bond acceptors (Lipinski definition) is 4. The quantitative estimate of drug-likeness (QED) is 0.786. The molecule has 1 aromatic heterocycles. The number of methoxy groups -OCH3 is 1. The summed E-state index contributed by atoms with van der Waals surface area (Å²) in [4.78, 5) is 4.41. The molecule has 0 aliphatic heterocycles. The molecule has 4 heteroatoms. The summed E-state index contributed by atoms with van der Waals surface area (Å²) in [6.45, 7) is 2.03. The number of benzene rings is 2. The fourth-order valence-corrected chi connectivity index (χ4v) is 2.65. The molecule has 0 spiro atoms. The number of nitrogen functional groups attached to an aromatic ring is 1. The van der Waals surface area contributed by atoms with E-state index in [1.165, 1.54) is 0 Å². The van der Waals surface area contributed by atoms with Crippen molar-refractivity contribution in [3.8, 4) is 34.2 Å². The van der Waals surface area contributed by atoms with E-state index < -0.39 is 0 Å². The number of rotatable bonds is 3. The molecule has 118 valence electrons. The van der Waals surface area contributed by atoms with Crippen molar-refractivity contribution in [2.45, 2.75) is 6.92 Å². The number of nitrogens with zero attached hydrogens (tertiary/aromatic N) is 2. The van der Waals surface area contributed by atoms with Gasteiger partial charge in [0.2, 0.25) is 0 Å². The molecule has 1 heterocycles. The fraction of sp³-hybridized carbons (Fsp3) is 0.100. The van der Waals surface area contributed by atoms with Crippen LogP contribution in [0.25, 0.3) is 22.4 Å². The zero-order valence-corrected chi connectivity index (χ0v) is 13.6. The van der Waals surface area contributed by atoms with E-state index in [0.29, 0.717) is 5.56 Å². The lowest BCUT2D eigenvalue weighted by Crippen LogP contribution is -2.00. The Kier molecular flexibility index (Phi) is 4.17. The number of pyridine rings is 1. The Morgan fingerprint density at radius 3 is 2.50 bits per heavy atom. The summed E-state index contributed by atoms with van der Waals surface area (Å²) in [5.41, 5.74) is 10.9. The third-order valence-corrected chi connectivity index (χ3v) is 3.85. The lowest BCUT2D eigenvalue weighted by Gasteiger charge is -2.11. The summed E-state index contributed by atoms with van der Waals surface area (Å²) in [6.07, 6.45) is 0. The molecule has 0 amide bonds. The number of aromatic nitrogens is 1. The van der Waals surface area contributed by atoms with Gasteiger partial charge in [0, 0.05) is 11.1 Å². The van der Waals surface area contributed by atoms with Crippen molar-refractivity contribution in [1.82, 2.24) is 4.98 Å². The average Bonchev–Trinajstić information content (AvgIpc) is 2.61. The van der Waals surface area contributed by atoms with Gasteiger partial charge in [-0.1, -0.05) is 35.9 Å². The molecule has 4 nitrogen and oxygen atoms in total. The van der Waals surface area contributed by atoms with Gasteiger partial charge < -0.3 is 10.5 Å². The van der Waals surface area contributed by atoms with Crippen LogP contribution in [0, 0.1) is 18.3 Å². The molecular weight excluding hydrogens is 298 g/mol. The third-order valence-electron chi connectivity index (χ3n) is 3.85. The van der Waals surface area contributed by atoms with Gasteiger partial charge in [-0.15, -0.1) is 0 Å². The first-order valence-corrected chi connectivity index (χ1v) is 7.54. The number of anilines is 1. The summed E-state index contributed by atoms with van der Waals surface area (Å²) >= 11 is 0. The molecule has 0 aliphatic carbocycles. The normalized spacial score (nSPS) is 10.2. The molecule has 0 atom stereocenters. The molecule has 0 saturated carbocycles. The van der Waals surface area contributed by atoms with Crippen LogP contribution in [0.5, 0.6) is 5.75 Å². The van der Waals surface area contributed by atoms with Gasteiger partial charge in [-0.3, -0.25) is 0 Å². The standard InChI is InChI=1S/C20H17N3O/c1-13-5-3-7-15(9-13)19-11-17(18(12-21)20(22)23-19)14-6-4-8-16(10-14)24-2/h3-11H,1-2H3,(H2,22,23). The van der Waals surface area contributed by atoms with Gasteiger partial charge >= 0.3 is 0 Å². The van der Waals surface area contributed by atoms with E-state index in [2.05, 4.69) is 11.1 Å². The summed E-state index contributed by atoms with van der Waals surface area (Å²) in [5.74, 6) is 0.957. The van der Waals surface area contributed by atoms with Crippen LogP contribution in [0.2, 0.25) is 0 Å². The molecular formula is C20H17N3O. The molecule has 0 aliphatic rings. The predicted molar refractivity (Wildman–Crippen MR) is 95.5 cm³/mol. The zero-order valence-electron chi connectivity index (χ0n) is 13.6. The highest BCUT2D eigenvalue weighted by Gasteiger charge is 2.14. The highest BCUT2D eigenvalue weighted by molar-refractivity contribution is 5.80. The number of aryl methyl sites for hydroxylation is 1.